The zero-order valence-corrected chi connectivity index (χ0v) is 12.0. The molecule has 0 amide bonds. The number of hydrogen-bond donors (Lipinski definition) is 1. The molecule has 2 heterocycles. The first kappa shape index (κ1) is 14.1. The molecule has 0 aliphatic carbocycles. The molecule has 0 spiro atoms. The number of rotatable bonds is 5. The molecule has 0 radical (unpaired) electrons. The molecule has 2 aromatic heterocycles. The van der Waals surface area contributed by atoms with Crippen molar-refractivity contribution in [2.24, 2.45) is 0 Å². The van der Waals surface area contributed by atoms with Gasteiger partial charge in [-0.3, -0.25) is 4.98 Å². The van der Waals surface area contributed by atoms with E-state index in [2.05, 4.69) is 4.98 Å². The third-order valence-corrected chi connectivity index (χ3v) is 5.85. The molecule has 0 aromatic carbocycles. The van der Waals surface area contributed by atoms with E-state index in [0.29, 0.717) is 11.3 Å². The van der Waals surface area contributed by atoms with E-state index < -0.39 is 10.0 Å². The van der Waals surface area contributed by atoms with Gasteiger partial charge in [-0.25, -0.2) is 8.42 Å². The molecule has 0 fully saturated rings. The highest BCUT2D eigenvalue weighted by molar-refractivity contribution is 7.91. The van der Waals surface area contributed by atoms with Crippen LogP contribution < -0.4 is 0 Å². The molecule has 5 nitrogen and oxygen atoms in total. The Balaban J connectivity index is 2.19. The lowest BCUT2D eigenvalue weighted by molar-refractivity contribution is 0.282. The van der Waals surface area contributed by atoms with E-state index in [1.54, 1.807) is 23.7 Å². The van der Waals surface area contributed by atoms with Crippen molar-refractivity contribution < 1.29 is 13.5 Å². The number of hydrogen-bond acceptors (Lipinski definition) is 5. The van der Waals surface area contributed by atoms with E-state index in [-0.39, 0.29) is 17.4 Å². The van der Waals surface area contributed by atoms with E-state index in [4.69, 9.17) is 5.11 Å². The second-order valence-electron chi connectivity index (χ2n) is 4.01. The maximum Gasteiger partial charge on any atom is 0.252 e. The molecule has 19 heavy (non-hydrogen) atoms. The number of aliphatic hydroxyl groups excluding tert-OH is 1. The second kappa shape index (κ2) is 5.79. The SMILES string of the molecule is CN(Cc1ccccn1)S(=O)(=O)c1cc(CO)cs1. The van der Waals surface area contributed by atoms with Crippen molar-refractivity contribution in [1.29, 1.82) is 0 Å². The molecule has 0 saturated heterocycles. The van der Waals surface area contributed by atoms with Crippen LogP contribution in [0.2, 0.25) is 0 Å². The lowest BCUT2D eigenvalue weighted by Crippen LogP contribution is -2.26. The summed E-state index contributed by atoms with van der Waals surface area (Å²) in [7, 11) is -2.01. The number of aromatic nitrogens is 1. The molecule has 102 valence electrons. The summed E-state index contributed by atoms with van der Waals surface area (Å²) in [6, 6.07) is 6.87. The fourth-order valence-corrected chi connectivity index (χ4v) is 4.08. The van der Waals surface area contributed by atoms with Crippen LogP contribution in [-0.4, -0.2) is 29.9 Å². The van der Waals surface area contributed by atoms with Gasteiger partial charge in [-0.1, -0.05) is 6.07 Å². The van der Waals surface area contributed by atoms with E-state index in [0.717, 1.165) is 11.3 Å². The third kappa shape index (κ3) is 3.19. The average molecular weight is 298 g/mol. The third-order valence-electron chi connectivity index (χ3n) is 2.59. The molecular weight excluding hydrogens is 284 g/mol. The Morgan fingerprint density at radius 1 is 1.42 bits per heavy atom. The Kier molecular flexibility index (Phi) is 4.31. The summed E-state index contributed by atoms with van der Waals surface area (Å²) in [6.07, 6.45) is 1.63. The zero-order valence-electron chi connectivity index (χ0n) is 10.4. The fourth-order valence-electron chi connectivity index (χ4n) is 1.53. The molecule has 2 rings (SSSR count). The molecule has 0 unspecified atom stereocenters. The normalized spacial score (nSPS) is 11.9. The second-order valence-corrected chi connectivity index (χ2v) is 7.20. The molecular formula is C12H14N2O3S2. The van der Waals surface area contributed by atoms with E-state index >= 15 is 0 Å². The predicted molar refractivity (Wildman–Crippen MR) is 73.1 cm³/mol. The molecule has 0 atom stereocenters. The minimum Gasteiger partial charge on any atom is -0.392 e. The Bertz CT molecular complexity index is 638. The van der Waals surface area contributed by atoms with Crippen molar-refractivity contribution in [3.05, 3.63) is 47.1 Å². The summed E-state index contributed by atoms with van der Waals surface area (Å²) in [6.45, 7) is 0.0610. The van der Waals surface area contributed by atoms with Crippen molar-refractivity contribution in [3.8, 4) is 0 Å². The van der Waals surface area contributed by atoms with E-state index in [9.17, 15) is 8.42 Å². The largest absolute Gasteiger partial charge is 0.392 e. The molecule has 0 aliphatic heterocycles. The summed E-state index contributed by atoms with van der Waals surface area (Å²) in [5.41, 5.74) is 1.29. The van der Waals surface area contributed by atoms with Crippen LogP contribution in [0, 0.1) is 0 Å². The van der Waals surface area contributed by atoms with Crippen LogP contribution in [0.25, 0.3) is 0 Å². The predicted octanol–water partition coefficient (Wildman–Crippen LogP) is 1.46. The number of aliphatic hydroxyl groups is 1. The molecule has 2 aromatic rings. The molecule has 0 saturated carbocycles. The van der Waals surface area contributed by atoms with Gasteiger partial charge in [-0.15, -0.1) is 11.3 Å². The van der Waals surface area contributed by atoms with Gasteiger partial charge in [0.25, 0.3) is 10.0 Å². The maximum absolute atomic E-state index is 12.3. The zero-order chi connectivity index (χ0) is 13.9. The average Bonchev–Trinajstić information content (AvgIpc) is 2.89. The standard InChI is InChI=1S/C12H14N2O3S2/c1-14(7-11-4-2-3-5-13-11)19(16,17)12-6-10(8-15)9-18-12/h2-6,9,15H,7-8H2,1H3. The summed E-state index contributed by atoms with van der Waals surface area (Å²) >= 11 is 1.11. The number of sulfonamides is 1. The van der Waals surface area contributed by atoms with Gasteiger partial charge in [0.15, 0.2) is 0 Å². The summed E-state index contributed by atoms with van der Waals surface area (Å²) in [4.78, 5) is 4.10. The van der Waals surface area contributed by atoms with Gasteiger partial charge in [-0.05, 0) is 29.1 Å². The van der Waals surface area contributed by atoms with E-state index in [1.165, 1.54) is 17.4 Å². The monoisotopic (exact) mass is 298 g/mol. The Hall–Kier alpha value is -1.28. The van der Waals surface area contributed by atoms with E-state index in [1.807, 2.05) is 6.07 Å². The van der Waals surface area contributed by atoms with Crippen molar-refractivity contribution in [2.45, 2.75) is 17.4 Å². The van der Waals surface area contributed by atoms with Crippen molar-refractivity contribution in [2.75, 3.05) is 7.05 Å². The number of pyridine rings is 1. The van der Waals surface area contributed by atoms with Crippen molar-refractivity contribution in [1.82, 2.24) is 9.29 Å². The van der Waals surface area contributed by atoms with Gasteiger partial charge < -0.3 is 5.11 Å². The molecule has 7 heteroatoms. The van der Waals surface area contributed by atoms with Gasteiger partial charge in [0, 0.05) is 13.2 Å². The highest BCUT2D eigenvalue weighted by Gasteiger charge is 2.23. The van der Waals surface area contributed by atoms with Crippen molar-refractivity contribution >= 4 is 21.4 Å². The number of thiophene rings is 1. The fraction of sp³-hybridized carbons (Fsp3) is 0.250. The minimum atomic E-state index is -3.53. The quantitative estimate of drug-likeness (QED) is 0.907. The van der Waals surface area contributed by atoms with Crippen LogP contribution >= 0.6 is 11.3 Å². The minimum absolute atomic E-state index is 0.157. The van der Waals surface area contributed by atoms with Gasteiger partial charge in [-0.2, -0.15) is 4.31 Å². The topological polar surface area (TPSA) is 70.5 Å². The van der Waals surface area contributed by atoms with Crippen LogP contribution in [0.15, 0.2) is 40.1 Å². The highest BCUT2D eigenvalue weighted by atomic mass is 32.2. The summed E-state index contributed by atoms with van der Waals surface area (Å²) < 4.78 is 26.1. The first-order chi connectivity index (χ1) is 9.04. The summed E-state index contributed by atoms with van der Waals surface area (Å²) in [5, 5.41) is 10.6. The van der Waals surface area contributed by atoms with Gasteiger partial charge in [0.05, 0.1) is 18.8 Å². The van der Waals surface area contributed by atoms with Gasteiger partial charge >= 0.3 is 0 Å². The lowest BCUT2D eigenvalue weighted by atomic mass is 10.3. The highest BCUT2D eigenvalue weighted by Crippen LogP contribution is 2.24. The Morgan fingerprint density at radius 2 is 2.21 bits per heavy atom. The van der Waals surface area contributed by atoms with Gasteiger partial charge in [0.1, 0.15) is 4.21 Å². The van der Waals surface area contributed by atoms with Crippen LogP contribution in [0.5, 0.6) is 0 Å². The van der Waals surface area contributed by atoms with Crippen LogP contribution in [-0.2, 0) is 23.2 Å². The van der Waals surface area contributed by atoms with Gasteiger partial charge in [0.2, 0.25) is 0 Å². The summed E-state index contributed by atoms with van der Waals surface area (Å²) in [5.74, 6) is 0. The molecule has 1 N–H and O–H groups in total. The van der Waals surface area contributed by atoms with Crippen molar-refractivity contribution in [3.63, 3.8) is 0 Å². The Labute approximate surface area is 116 Å². The maximum atomic E-state index is 12.3. The molecule has 0 aliphatic rings. The Morgan fingerprint density at radius 3 is 2.79 bits per heavy atom. The first-order valence-electron chi connectivity index (χ1n) is 5.58. The lowest BCUT2D eigenvalue weighted by Gasteiger charge is -2.15. The first-order valence-corrected chi connectivity index (χ1v) is 7.90. The van der Waals surface area contributed by atoms with Crippen LogP contribution in [0.3, 0.4) is 0 Å². The van der Waals surface area contributed by atoms with Crippen LogP contribution in [0.1, 0.15) is 11.3 Å². The molecule has 0 bridgehead atoms. The number of nitrogens with zero attached hydrogens (tertiary/aromatic N) is 2. The van der Waals surface area contributed by atoms with Crippen LogP contribution in [0.4, 0.5) is 0 Å². The smallest absolute Gasteiger partial charge is 0.252 e.